The van der Waals surface area contributed by atoms with E-state index in [1.54, 1.807) is 0 Å². The van der Waals surface area contributed by atoms with Crippen molar-refractivity contribution in [2.45, 2.75) is 11.4 Å². The minimum atomic E-state index is -1.48. The highest BCUT2D eigenvalue weighted by atomic mass is 32.2. The third-order valence-electron chi connectivity index (χ3n) is 4.38. The number of β-lactam (4-membered cyclic amide) rings is 1. The van der Waals surface area contributed by atoms with Gasteiger partial charge in [-0.3, -0.25) is 14.4 Å². The van der Waals surface area contributed by atoms with Crippen LogP contribution >= 0.6 is 23.3 Å². The number of ether oxygens (including phenoxy) is 1. The second kappa shape index (κ2) is 8.20. The van der Waals surface area contributed by atoms with Crippen LogP contribution in [-0.2, 0) is 24.0 Å². The summed E-state index contributed by atoms with van der Waals surface area (Å²) in [4.78, 5) is 53.6. The molecule has 0 bridgehead atoms. The number of fused-ring (bicyclic) bond motifs is 1. The predicted molar refractivity (Wildman–Crippen MR) is 98.9 cm³/mol. The fraction of sp³-hybridized carbons (Fsp3) is 0.500. The lowest BCUT2D eigenvalue weighted by Crippen LogP contribution is -2.74. The number of nitrogens with two attached hydrogens (primary N) is 1. The lowest BCUT2D eigenvalue weighted by Gasteiger charge is -2.53. The highest BCUT2D eigenvalue weighted by molar-refractivity contribution is 8.00. The first-order valence-electron chi connectivity index (χ1n) is 8.06. The molecule has 2 fully saturated rings. The Bertz CT molecular complexity index is 863. The third kappa shape index (κ3) is 3.95. The second-order valence-electron chi connectivity index (χ2n) is 6.22. The summed E-state index contributed by atoms with van der Waals surface area (Å²) < 4.78 is 8.33. The van der Waals surface area contributed by atoms with E-state index in [9.17, 15) is 24.3 Å². The Morgan fingerprint density at radius 2 is 2.28 bits per heavy atom. The highest BCUT2D eigenvalue weighted by Crippen LogP contribution is 2.42. The third-order valence-corrected chi connectivity index (χ3v) is 6.47. The molecule has 3 rings (SSSR count). The summed E-state index contributed by atoms with van der Waals surface area (Å²) in [6.07, 6.45) is -1.10. The second-order valence-corrected chi connectivity index (χ2v) is 7.94. The summed E-state index contributed by atoms with van der Waals surface area (Å²) in [5.41, 5.74) is 3.51. The fourth-order valence-corrected chi connectivity index (χ4v) is 4.85. The molecule has 2 saturated heterocycles. The average molecular weight is 444 g/mol. The summed E-state index contributed by atoms with van der Waals surface area (Å²) in [5, 5.41) is 20.6. The lowest BCUT2D eigenvalue weighted by molar-refractivity contribution is -0.160. The van der Waals surface area contributed by atoms with Crippen LogP contribution in [-0.4, -0.2) is 86.6 Å². The van der Waals surface area contributed by atoms with Crippen LogP contribution in [0.15, 0.2) is 10.5 Å². The minimum Gasteiger partial charge on any atom is -0.481 e. The minimum absolute atomic E-state index is 0.0610. The maximum absolute atomic E-state index is 12.5. The highest BCUT2D eigenvalue weighted by Gasteiger charge is 2.58. The van der Waals surface area contributed by atoms with Gasteiger partial charge in [-0.25, -0.2) is 4.79 Å². The summed E-state index contributed by atoms with van der Waals surface area (Å²) in [6, 6.07) is -0.870. The standard InChI is InChI=1S/C14H16N6O7S2/c1-26-18-7(6-2-29-19-17-6)9(21)16-8-10(22)20-3-14(12(23)24,4-27-13(15)25)5-28-11(8)20/h2,8,11H,3-5H2,1H3,(H2,15,25)(H,16,21)(H,23,24)/t8?,11-,14?/m1/s1. The zero-order valence-electron chi connectivity index (χ0n) is 14.9. The molecule has 1 aromatic rings. The van der Waals surface area contributed by atoms with E-state index in [0.717, 1.165) is 23.3 Å². The van der Waals surface area contributed by atoms with E-state index in [1.807, 2.05) is 0 Å². The molecule has 3 heterocycles. The van der Waals surface area contributed by atoms with Crippen molar-refractivity contribution < 1.29 is 33.9 Å². The number of aliphatic carboxylic acids is 1. The van der Waals surface area contributed by atoms with Gasteiger partial charge in [-0.2, -0.15) is 0 Å². The van der Waals surface area contributed by atoms with E-state index in [1.165, 1.54) is 17.4 Å². The van der Waals surface area contributed by atoms with Gasteiger partial charge in [0.1, 0.15) is 36.2 Å². The van der Waals surface area contributed by atoms with Crippen LogP contribution in [0.5, 0.6) is 0 Å². The van der Waals surface area contributed by atoms with Crippen molar-refractivity contribution in [2.24, 2.45) is 16.3 Å². The number of nitrogens with zero attached hydrogens (tertiary/aromatic N) is 4. The molecule has 0 saturated carbocycles. The molecule has 2 aliphatic heterocycles. The zero-order valence-corrected chi connectivity index (χ0v) is 16.6. The number of oxime groups is 1. The monoisotopic (exact) mass is 444 g/mol. The number of carboxylic acids is 1. The fourth-order valence-electron chi connectivity index (χ4n) is 2.89. The average Bonchev–Trinajstić information content (AvgIpc) is 3.22. The molecule has 15 heteroatoms. The number of thioether (sulfide) groups is 1. The van der Waals surface area contributed by atoms with Crippen LogP contribution < -0.4 is 11.1 Å². The smallest absolute Gasteiger partial charge is 0.404 e. The summed E-state index contributed by atoms with van der Waals surface area (Å²) >= 11 is 2.18. The van der Waals surface area contributed by atoms with E-state index < -0.39 is 47.3 Å². The summed E-state index contributed by atoms with van der Waals surface area (Å²) in [6.45, 7) is -0.632. The molecular formula is C14H16N6O7S2. The van der Waals surface area contributed by atoms with Gasteiger partial charge in [-0.15, -0.1) is 16.9 Å². The van der Waals surface area contributed by atoms with Crippen molar-refractivity contribution in [3.8, 4) is 0 Å². The molecule has 3 atom stereocenters. The number of carbonyl (C=O) groups excluding carboxylic acids is 3. The van der Waals surface area contributed by atoms with Crippen LogP contribution in [0.25, 0.3) is 0 Å². The molecule has 29 heavy (non-hydrogen) atoms. The molecule has 0 spiro atoms. The SMILES string of the molecule is CON=C(C(=O)NC1C(=O)N2CC(COC(N)=O)(C(=O)O)CS[C@H]12)c1csnn1. The van der Waals surface area contributed by atoms with Crippen molar-refractivity contribution >= 4 is 52.9 Å². The van der Waals surface area contributed by atoms with Gasteiger partial charge in [-0.1, -0.05) is 9.64 Å². The summed E-state index contributed by atoms with van der Waals surface area (Å²) in [7, 11) is 1.26. The van der Waals surface area contributed by atoms with Gasteiger partial charge in [0.25, 0.3) is 5.91 Å². The van der Waals surface area contributed by atoms with Crippen LogP contribution in [0.1, 0.15) is 5.69 Å². The van der Waals surface area contributed by atoms with E-state index in [-0.39, 0.29) is 23.7 Å². The molecule has 2 aliphatic rings. The Hall–Kier alpha value is -2.94. The number of nitrogens with one attached hydrogen (secondary N) is 1. The van der Waals surface area contributed by atoms with Gasteiger partial charge in [0.2, 0.25) is 5.91 Å². The molecule has 156 valence electrons. The van der Waals surface area contributed by atoms with E-state index in [4.69, 9.17) is 5.73 Å². The molecule has 0 radical (unpaired) electrons. The zero-order chi connectivity index (χ0) is 21.2. The maximum Gasteiger partial charge on any atom is 0.404 e. The number of hydrogen-bond donors (Lipinski definition) is 3. The first-order valence-corrected chi connectivity index (χ1v) is 9.95. The normalized spacial score (nSPS) is 26.2. The number of aromatic nitrogens is 2. The van der Waals surface area contributed by atoms with Gasteiger partial charge in [-0.05, 0) is 11.5 Å². The number of primary amides is 1. The van der Waals surface area contributed by atoms with Gasteiger partial charge in [0.15, 0.2) is 5.71 Å². The van der Waals surface area contributed by atoms with Crippen LogP contribution in [0.3, 0.4) is 0 Å². The predicted octanol–water partition coefficient (Wildman–Crippen LogP) is -1.55. The Balaban J connectivity index is 1.68. The van der Waals surface area contributed by atoms with Gasteiger partial charge < -0.3 is 30.6 Å². The largest absolute Gasteiger partial charge is 0.481 e. The van der Waals surface area contributed by atoms with Crippen molar-refractivity contribution in [2.75, 3.05) is 26.0 Å². The van der Waals surface area contributed by atoms with E-state index in [0.29, 0.717) is 0 Å². The van der Waals surface area contributed by atoms with E-state index in [2.05, 4.69) is 29.6 Å². The van der Waals surface area contributed by atoms with Gasteiger partial charge in [0.05, 0.1) is 0 Å². The summed E-state index contributed by atoms with van der Waals surface area (Å²) in [5.74, 6) is -2.29. The molecule has 3 amide bonds. The number of hydrogen-bond acceptors (Lipinski definition) is 11. The Kier molecular flexibility index (Phi) is 5.88. The van der Waals surface area contributed by atoms with Crippen molar-refractivity contribution in [3.63, 3.8) is 0 Å². The lowest BCUT2D eigenvalue weighted by atomic mass is 9.88. The van der Waals surface area contributed by atoms with Crippen molar-refractivity contribution in [3.05, 3.63) is 11.1 Å². The molecule has 13 nitrogen and oxygen atoms in total. The molecule has 0 aromatic carbocycles. The van der Waals surface area contributed by atoms with Crippen LogP contribution in [0.4, 0.5) is 4.79 Å². The number of carbonyl (C=O) groups is 4. The van der Waals surface area contributed by atoms with Crippen LogP contribution in [0, 0.1) is 5.41 Å². The van der Waals surface area contributed by atoms with Gasteiger partial charge >= 0.3 is 12.1 Å². The quantitative estimate of drug-likeness (QED) is 0.252. The molecule has 2 unspecified atom stereocenters. The maximum atomic E-state index is 12.5. The van der Waals surface area contributed by atoms with Gasteiger partial charge in [0, 0.05) is 17.7 Å². The Morgan fingerprint density at radius 1 is 1.52 bits per heavy atom. The number of rotatable bonds is 7. The number of carboxylic acid groups (broad SMARTS) is 1. The first kappa shape index (κ1) is 20.8. The molecular weight excluding hydrogens is 428 g/mol. The first-order chi connectivity index (χ1) is 13.8. The van der Waals surface area contributed by atoms with Crippen molar-refractivity contribution in [1.29, 1.82) is 0 Å². The molecule has 4 N–H and O–H groups in total. The Morgan fingerprint density at radius 3 is 2.86 bits per heavy atom. The van der Waals surface area contributed by atoms with E-state index >= 15 is 0 Å². The number of amides is 3. The van der Waals surface area contributed by atoms with Crippen LogP contribution in [0.2, 0.25) is 0 Å². The van der Waals surface area contributed by atoms with Crippen molar-refractivity contribution in [1.82, 2.24) is 19.8 Å². The topological polar surface area (TPSA) is 186 Å². The molecule has 1 aromatic heterocycles. The Labute approximate surface area is 171 Å². The molecule has 0 aliphatic carbocycles.